The van der Waals surface area contributed by atoms with Gasteiger partial charge < -0.3 is 9.47 Å². The lowest BCUT2D eigenvalue weighted by atomic mass is 9.99. The minimum absolute atomic E-state index is 0.0609. The number of aryl methyl sites for hydroxylation is 1. The molecular weight excluding hydrogens is 403 g/mol. The maximum atomic E-state index is 13.4. The smallest absolute Gasteiger partial charge is 0.161 e. The molecule has 5 heteroatoms. The van der Waals surface area contributed by atoms with E-state index in [1.165, 1.54) is 6.07 Å². The second-order valence-electron chi connectivity index (χ2n) is 4.60. The number of alkyl halides is 1. The van der Waals surface area contributed by atoms with Crippen molar-refractivity contribution in [3.8, 4) is 11.5 Å². The molecule has 0 N–H and O–H groups in total. The van der Waals surface area contributed by atoms with E-state index in [-0.39, 0.29) is 10.6 Å². The average molecular weight is 418 g/mol. The second kappa shape index (κ2) is 6.79. The number of ether oxygens (including phenoxy) is 2. The van der Waals surface area contributed by atoms with E-state index in [9.17, 15) is 4.39 Å². The summed E-state index contributed by atoms with van der Waals surface area (Å²) in [6.45, 7) is 2.00. The molecule has 1 atom stereocenters. The van der Waals surface area contributed by atoms with Gasteiger partial charge in [-0.15, -0.1) is 0 Å². The molecule has 0 aromatic heterocycles. The zero-order valence-electron chi connectivity index (χ0n) is 11.9. The van der Waals surface area contributed by atoms with Gasteiger partial charge >= 0.3 is 0 Å². The molecule has 112 valence electrons. The summed E-state index contributed by atoms with van der Waals surface area (Å²) < 4.78 is 24.5. The van der Waals surface area contributed by atoms with Crippen molar-refractivity contribution >= 4 is 31.9 Å². The van der Waals surface area contributed by atoms with Gasteiger partial charge in [0.15, 0.2) is 11.5 Å². The summed E-state index contributed by atoms with van der Waals surface area (Å²) in [4.78, 5) is -0.0609. The summed E-state index contributed by atoms with van der Waals surface area (Å²) in [5.41, 5.74) is 3.07. The summed E-state index contributed by atoms with van der Waals surface area (Å²) >= 11 is 6.89. The summed E-state index contributed by atoms with van der Waals surface area (Å²) in [6, 6.07) is 8.84. The highest BCUT2D eigenvalue weighted by Crippen LogP contribution is 2.39. The van der Waals surface area contributed by atoms with Crippen LogP contribution in [0.25, 0.3) is 0 Å². The van der Waals surface area contributed by atoms with Crippen molar-refractivity contribution in [2.75, 3.05) is 14.2 Å². The van der Waals surface area contributed by atoms with Gasteiger partial charge in [0, 0.05) is 0 Å². The molecule has 0 aliphatic heterocycles. The van der Waals surface area contributed by atoms with Crippen LogP contribution < -0.4 is 9.47 Å². The SMILES string of the molecule is COc1cc(C)c(C(Br)c2ccc(F)c(Br)c2)cc1OC. The second-order valence-corrected chi connectivity index (χ2v) is 6.37. The Morgan fingerprint density at radius 1 is 1.05 bits per heavy atom. The van der Waals surface area contributed by atoms with Crippen LogP contribution in [-0.2, 0) is 0 Å². The van der Waals surface area contributed by atoms with Crippen molar-refractivity contribution < 1.29 is 13.9 Å². The van der Waals surface area contributed by atoms with Crippen molar-refractivity contribution in [3.63, 3.8) is 0 Å². The molecule has 2 aromatic carbocycles. The Morgan fingerprint density at radius 2 is 1.67 bits per heavy atom. The van der Waals surface area contributed by atoms with E-state index in [0.717, 1.165) is 16.7 Å². The van der Waals surface area contributed by atoms with E-state index in [2.05, 4.69) is 31.9 Å². The highest BCUT2D eigenvalue weighted by molar-refractivity contribution is 9.10. The fourth-order valence-corrected chi connectivity index (χ4v) is 3.29. The van der Waals surface area contributed by atoms with Crippen LogP contribution >= 0.6 is 31.9 Å². The van der Waals surface area contributed by atoms with Gasteiger partial charge in [-0.25, -0.2) is 4.39 Å². The number of hydrogen-bond donors (Lipinski definition) is 0. The first-order valence-corrected chi connectivity index (χ1v) is 8.00. The molecule has 0 fully saturated rings. The molecule has 0 aliphatic carbocycles. The Bertz CT molecular complexity index is 659. The highest BCUT2D eigenvalue weighted by Gasteiger charge is 2.17. The van der Waals surface area contributed by atoms with Gasteiger partial charge in [-0.2, -0.15) is 0 Å². The predicted octanol–water partition coefficient (Wildman–Crippen LogP) is 5.40. The van der Waals surface area contributed by atoms with Crippen molar-refractivity contribution in [1.29, 1.82) is 0 Å². The molecule has 0 bridgehead atoms. The molecule has 2 rings (SSSR count). The van der Waals surface area contributed by atoms with Crippen molar-refractivity contribution in [2.45, 2.75) is 11.8 Å². The molecule has 0 saturated carbocycles. The average Bonchev–Trinajstić information content (AvgIpc) is 2.49. The van der Waals surface area contributed by atoms with E-state index in [1.807, 2.05) is 19.1 Å². The third kappa shape index (κ3) is 3.40. The molecule has 1 unspecified atom stereocenters. The van der Waals surface area contributed by atoms with Crippen LogP contribution in [0.1, 0.15) is 21.5 Å². The largest absolute Gasteiger partial charge is 0.493 e. The van der Waals surface area contributed by atoms with Gasteiger partial charge in [-0.3, -0.25) is 0 Å². The zero-order chi connectivity index (χ0) is 15.6. The topological polar surface area (TPSA) is 18.5 Å². The molecule has 0 spiro atoms. The van der Waals surface area contributed by atoms with Crippen LogP contribution in [0.3, 0.4) is 0 Å². The lowest BCUT2D eigenvalue weighted by molar-refractivity contribution is 0.354. The van der Waals surface area contributed by atoms with Crippen molar-refractivity contribution in [1.82, 2.24) is 0 Å². The Labute approximate surface area is 140 Å². The Balaban J connectivity index is 2.47. The summed E-state index contributed by atoms with van der Waals surface area (Å²) in [7, 11) is 3.22. The summed E-state index contributed by atoms with van der Waals surface area (Å²) in [5, 5.41) is 0. The number of hydrogen-bond acceptors (Lipinski definition) is 2. The molecule has 2 nitrogen and oxygen atoms in total. The lowest BCUT2D eigenvalue weighted by Crippen LogP contribution is -2.00. The third-order valence-corrected chi connectivity index (χ3v) is 4.91. The van der Waals surface area contributed by atoms with E-state index >= 15 is 0 Å². The molecule has 2 aromatic rings. The predicted molar refractivity (Wildman–Crippen MR) is 89.2 cm³/mol. The molecule has 0 heterocycles. The van der Waals surface area contributed by atoms with Crippen LogP contribution in [0.4, 0.5) is 4.39 Å². The molecule has 0 saturated heterocycles. The van der Waals surface area contributed by atoms with E-state index in [0.29, 0.717) is 16.0 Å². The highest BCUT2D eigenvalue weighted by atomic mass is 79.9. The van der Waals surface area contributed by atoms with Crippen LogP contribution in [0.5, 0.6) is 11.5 Å². The molecule has 0 amide bonds. The van der Waals surface area contributed by atoms with Gasteiger partial charge in [0.2, 0.25) is 0 Å². The number of benzene rings is 2. The van der Waals surface area contributed by atoms with Crippen molar-refractivity contribution in [2.24, 2.45) is 0 Å². The minimum atomic E-state index is -0.275. The zero-order valence-corrected chi connectivity index (χ0v) is 15.1. The minimum Gasteiger partial charge on any atom is -0.493 e. The number of rotatable bonds is 4. The number of methoxy groups -OCH3 is 2. The lowest BCUT2D eigenvalue weighted by Gasteiger charge is -2.17. The van der Waals surface area contributed by atoms with E-state index < -0.39 is 0 Å². The Kier molecular flexibility index (Phi) is 5.27. The monoisotopic (exact) mass is 416 g/mol. The van der Waals surface area contributed by atoms with E-state index in [1.54, 1.807) is 26.4 Å². The standard InChI is InChI=1S/C16H15Br2FO2/c1-9-6-14(20-2)15(21-3)8-11(9)16(18)10-4-5-13(19)12(17)7-10/h4-8,16H,1-3H3. The summed E-state index contributed by atoms with van der Waals surface area (Å²) in [6.07, 6.45) is 0. The fourth-order valence-electron chi connectivity index (χ4n) is 2.12. The molecule has 0 aliphatic rings. The van der Waals surface area contributed by atoms with Crippen LogP contribution in [0.15, 0.2) is 34.8 Å². The van der Waals surface area contributed by atoms with Crippen LogP contribution in [-0.4, -0.2) is 14.2 Å². The normalized spacial score (nSPS) is 12.1. The van der Waals surface area contributed by atoms with Gasteiger partial charge in [-0.05, 0) is 63.8 Å². The van der Waals surface area contributed by atoms with Gasteiger partial charge in [0.25, 0.3) is 0 Å². The van der Waals surface area contributed by atoms with Crippen LogP contribution in [0, 0.1) is 12.7 Å². The maximum Gasteiger partial charge on any atom is 0.161 e. The number of halogens is 3. The van der Waals surface area contributed by atoms with Gasteiger partial charge in [-0.1, -0.05) is 22.0 Å². The molecule has 0 radical (unpaired) electrons. The fraction of sp³-hybridized carbons (Fsp3) is 0.250. The quantitative estimate of drug-likeness (QED) is 0.620. The Hall–Kier alpha value is -1.07. The first kappa shape index (κ1) is 16.3. The van der Waals surface area contributed by atoms with Crippen LogP contribution in [0.2, 0.25) is 0 Å². The van der Waals surface area contributed by atoms with Crippen molar-refractivity contribution in [3.05, 3.63) is 57.3 Å². The first-order valence-electron chi connectivity index (χ1n) is 6.29. The molecular formula is C16H15Br2FO2. The first-order chi connectivity index (χ1) is 9.97. The Morgan fingerprint density at radius 3 is 2.24 bits per heavy atom. The van der Waals surface area contributed by atoms with E-state index in [4.69, 9.17) is 9.47 Å². The third-order valence-electron chi connectivity index (χ3n) is 3.28. The summed E-state index contributed by atoms with van der Waals surface area (Å²) in [5.74, 6) is 1.09. The molecule has 21 heavy (non-hydrogen) atoms. The van der Waals surface area contributed by atoms with Gasteiger partial charge in [0.1, 0.15) is 5.82 Å². The maximum absolute atomic E-state index is 13.4. The van der Waals surface area contributed by atoms with Gasteiger partial charge in [0.05, 0.1) is 23.5 Å².